The zero-order valence-corrected chi connectivity index (χ0v) is 33.4. The third kappa shape index (κ3) is 11.7. The molecule has 4 rings (SSSR count). The summed E-state index contributed by atoms with van der Waals surface area (Å²) in [5.41, 5.74) is 0.217. The summed E-state index contributed by atoms with van der Waals surface area (Å²) in [6.45, 7) is 16.8. The molecule has 0 saturated carbocycles. The Bertz CT molecular complexity index is 1670. The number of halogens is 1. The first-order valence-corrected chi connectivity index (χ1v) is 19.0. The van der Waals surface area contributed by atoms with Gasteiger partial charge < -0.3 is 34.2 Å². The number of carbonyl (C=O) groups is 4. The van der Waals surface area contributed by atoms with Crippen molar-refractivity contribution in [2.24, 2.45) is 11.3 Å². The molecule has 2 fully saturated rings. The number of amides is 2. The summed E-state index contributed by atoms with van der Waals surface area (Å²) >= 11 is 0. The van der Waals surface area contributed by atoms with Gasteiger partial charge >= 0.3 is 11.9 Å². The molecule has 1 atom stereocenters. The van der Waals surface area contributed by atoms with Gasteiger partial charge in [-0.05, 0) is 84.7 Å². The van der Waals surface area contributed by atoms with E-state index in [-0.39, 0.29) is 59.7 Å². The van der Waals surface area contributed by atoms with E-state index >= 15 is 0 Å². The van der Waals surface area contributed by atoms with Gasteiger partial charge in [0.15, 0.2) is 12.5 Å². The van der Waals surface area contributed by atoms with Crippen LogP contribution in [-0.4, -0.2) is 142 Å². The van der Waals surface area contributed by atoms with Gasteiger partial charge in [-0.25, -0.2) is 19.0 Å². The zero-order chi connectivity index (χ0) is 40.4. The van der Waals surface area contributed by atoms with E-state index in [0.717, 1.165) is 58.1 Å². The topological polar surface area (TPSA) is 162 Å². The predicted octanol–water partition coefficient (Wildman–Crippen LogP) is 4.30. The summed E-state index contributed by atoms with van der Waals surface area (Å²) in [5, 5.41) is 16.8. The summed E-state index contributed by atoms with van der Waals surface area (Å²) < 4.78 is 25.6. The lowest BCUT2D eigenvalue weighted by Crippen LogP contribution is -2.62. The second-order valence-electron chi connectivity index (χ2n) is 15.7. The maximum absolute atomic E-state index is 14.4. The third-order valence-corrected chi connectivity index (χ3v) is 10.3. The SMILES string of the molecule is CC(C)[C@H](CCCN(C)CCC(=O)N(C)COC(=O)/C=C/C(=O)O)N1CC2(CCN(c3ncnnc3Oc3ccc(F)cc3C(=O)N(C(C)C)C(C)C)C2)C1. The number of carboxylic acid groups (broad SMARTS) is 1. The number of ether oxygens (including phenoxy) is 2. The van der Waals surface area contributed by atoms with E-state index in [1.807, 2.05) is 34.7 Å². The van der Waals surface area contributed by atoms with E-state index in [1.54, 1.807) is 4.90 Å². The molecule has 2 aromatic rings. The maximum atomic E-state index is 14.4. The van der Waals surface area contributed by atoms with Crippen LogP contribution >= 0.6 is 0 Å². The zero-order valence-electron chi connectivity index (χ0n) is 33.4. The van der Waals surface area contributed by atoms with Gasteiger partial charge in [0, 0.05) is 81.9 Å². The Labute approximate surface area is 323 Å². The molecule has 2 aliphatic rings. The molecule has 3 heterocycles. The number of anilines is 1. The highest BCUT2D eigenvalue weighted by molar-refractivity contribution is 5.97. The predicted molar refractivity (Wildman–Crippen MR) is 204 cm³/mol. The number of rotatable bonds is 19. The number of likely N-dealkylation sites (tertiary alicyclic amines) is 1. The monoisotopic (exact) mass is 768 g/mol. The summed E-state index contributed by atoms with van der Waals surface area (Å²) in [6.07, 6.45) is 6.12. The first-order valence-electron chi connectivity index (χ1n) is 19.0. The Kier molecular flexibility index (Phi) is 15.1. The van der Waals surface area contributed by atoms with Crippen molar-refractivity contribution < 1.29 is 38.1 Å². The lowest BCUT2D eigenvalue weighted by Gasteiger charge is -2.53. The summed E-state index contributed by atoms with van der Waals surface area (Å²) in [4.78, 5) is 62.6. The molecule has 2 saturated heterocycles. The Hall–Kier alpha value is -4.70. The number of hydrogen-bond acceptors (Lipinski definition) is 12. The van der Waals surface area contributed by atoms with Crippen molar-refractivity contribution in [3.63, 3.8) is 0 Å². The number of carbonyl (C=O) groups excluding carboxylic acids is 3. The second-order valence-corrected chi connectivity index (χ2v) is 15.7. The molecule has 0 radical (unpaired) electrons. The van der Waals surface area contributed by atoms with E-state index in [0.29, 0.717) is 30.4 Å². The fraction of sp³-hybridized carbons (Fsp3) is 0.615. The van der Waals surface area contributed by atoms with Gasteiger partial charge in [-0.3, -0.25) is 14.5 Å². The average molecular weight is 769 g/mol. The highest BCUT2D eigenvalue weighted by Crippen LogP contribution is 2.44. The number of aromatic nitrogens is 3. The van der Waals surface area contributed by atoms with Crippen molar-refractivity contribution in [3.05, 3.63) is 48.1 Å². The van der Waals surface area contributed by atoms with Gasteiger partial charge in [0.1, 0.15) is 17.9 Å². The van der Waals surface area contributed by atoms with Crippen molar-refractivity contribution in [3.8, 4) is 11.6 Å². The van der Waals surface area contributed by atoms with E-state index in [9.17, 15) is 23.6 Å². The Morgan fingerprint density at radius 1 is 1.02 bits per heavy atom. The highest BCUT2D eigenvalue weighted by Gasteiger charge is 2.50. The molecule has 2 amide bonds. The van der Waals surface area contributed by atoms with Crippen LogP contribution in [0.4, 0.5) is 10.2 Å². The van der Waals surface area contributed by atoms with E-state index in [4.69, 9.17) is 14.6 Å². The van der Waals surface area contributed by atoms with Crippen LogP contribution in [0.1, 0.15) is 77.6 Å². The van der Waals surface area contributed by atoms with Crippen LogP contribution in [-0.2, 0) is 19.1 Å². The molecule has 1 spiro atoms. The number of nitrogens with zero attached hydrogens (tertiary/aromatic N) is 8. The van der Waals surface area contributed by atoms with Crippen LogP contribution in [0.15, 0.2) is 36.7 Å². The van der Waals surface area contributed by atoms with Crippen LogP contribution in [0.25, 0.3) is 0 Å². The lowest BCUT2D eigenvalue weighted by molar-refractivity contribution is -0.147. The van der Waals surface area contributed by atoms with Crippen LogP contribution in [0.2, 0.25) is 0 Å². The molecule has 0 unspecified atom stereocenters. The molecule has 302 valence electrons. The Balaban J connectivity index is 1.28. The largest absolute Gasteiger partial charge is 0.478 e. The number of hydrogen-bond donors (Lipinski definition) is 1. The Morgan fingerprint density at radius 3 is 2.38 bits per heavy atom. The molecule has 55 heavy (non-hydrogen) atoms. The van der Waals surface area contributed by atoms with Crippen LogP contribution in [0, 0.1) is 17.2 Å². The summed E-state index contributed by atoms with van der Waals surface area (Å²) in [5.74, 6) is -1.75. The third-order valence-electron chi connectivity index (χ3n) is 10.3. The molecular weight excluding hydrogens is 711 g/mol. The number of benzene rings is 1. The number of aliphatic carboxylic acids is 1. The molecule has 1 N–H and O–H groups in total. The highest BCUT2D eigenvalue weighted by atomic mass is 19.1. The van der Waals surface area contributed by atoms with Gasteiger partial charge in [-0.15, -0.1) is 10.2 Å². The van der Waals surface area contributed by atoms with Crippen LogP contribution < -0.4 is 9.64 Å². The first kappa shape index (κ1) is 43.0. The van der Waals surface area contributed by atoms with Gasteiger partial charge in [0.05, 0.1) is 5.56 Å². The van der Waals surface area contributed by atoms with Gasteiger partial charge in [-0.2, -0.15) is 0 Å². The molecule has 0 aliphatic carbocycles. The van der Waals surface area contributed by atoms with Crippen molar-refractivity contribution in [2.45, 2.75) is 85.4 Å². The standard InChI is InChI=1S/C39H57FN8O7/c1-26(2)31(10-9-17-44(7)18-15-33(49)45(8)25-54-35(52)14-13-34(50)51)47-22-39(23-47)16-19-46(21-39)36-37(43-42-24-41-36)55-32-12-11-29(40)20-30(32)38(53)48(27(3)4)28(5)6/h11-14,20,24,26-28,31H,9-10,15-19,21-23,25H2,1-8H3,(H,50,51)/b14-13+/t31-/m0/s1. The molecule has 2 aliphatic heterocycles. The van der Waals surface area contributed by atoms with Crippen LogP contribution in [0.3, 0.4) is 0 Å². The normalized spacial score (nSPS) is 16.0. The van der Waals surface area contributed by atoms with Gasteiger partial charge in [0.25, 0.3) is 11.8 Å². The minimum Gasteiger partial charge on any atom is -0.478 e. The Morgan fingerprint density at radius 2 is 1.73 bits per heavy atom. The second kappa shape index (κ2) is 19.2. The molecule has 1 aromatic carbocycles. The van der Waals surface area contributed by atoms with E-state index in [1.165, 1.54) is 36.5 Å². The number of esters is 1. The fourth-order valence-electron chi connectivity index (χ4n) is 7.55. The fourth-order valence-corrected chi connectivity index (χ4v) is 7.55. The minimum atomic E-state index is -1.26. The lowest BCUT2D eigenvalue weighted by atomic mass is 9.76. The molecule has 1 aromatic heterocycles. The number of carboxylic acids is 1. The average Bonchev–Trinajstić information content (AvgIpc) is 3.56. The summed E-state index contributed by atoms with van der Waals surface area (Å²) in [6, 6.07) is 4.13. The summed E-state index contributed by atoms with van der Waals surface area (Å²) in [7, 11) is 3.52. The van der Waals surface area contributed by atoms with Crippen LogP contribution in [0.5, 0.6) is 11.6 Å². The quantitative estimate of drug-likeness (QED) is 0.123. The van der Waals surface area contributed by atoms with E-state index in [2.05, 4.69) is 43.7 Å². The van der Waals surface area contributed by atoms with Gasteiger partial charge in [0.2, 0.25) is 5.91 Å². The minimum absolute atomic E-state index is 0.0987. The van der Waals surface area contributed by atoms with Crippen molar-refractivity contribution in [1.29, 1.82) is 0 Å². The molecule has 15 nitrogen and oxygen atoms in total. The van der Waals surface area contributed by atoms with Crippen molar-refractivity contribution >= 4 is 29.6 Å². The van der Waals surface area contributed by atoms with E-state index < -0.39 is 17.8 Å². The van der Waals surface area contributed by atoms with Crippen molar-refractivity contribution in [2.75, 3.05) is 65.0 Å². The molecular formula is C39H57FN8O7. The van der Waals surface area contributed by atoms with Gasteiger partial charge in [-0.1, -0.05) is 13.8 Å². The molecule has 16 heteroatoms. The smallest absolute Gasteiger partial charge is 0.332 e. The molecule has 0 bridgehead atoms. The first-order chi connectivity index (χ1) is 26.0. The maximum Gasteiger partial charge on any atom is 0.332 e. The van der Waals surface area contributed by atoms with Crippen molar-refractivity contribution in [1.82, 2.24) is 34.8 Å².